The number of nitrogens with zero attached hydrogens (tertiary/aromatic N) is 2. The Bertz CT molecular complexity index is 1290. The van der Waals surface area contributed by atoms with Gasteiger partial charge in [-0.15, -0.1) is 0 Å². The van der Waals surface area contributed by atoms with Crippen molar-refractivity contribution in [3.05, 3.63) is 92.6 Å². The highest BCUT2D eigenvalue weighted by molar-refractivity contribution is 8.18. The zero-order valence-electron chi connectivity index (χ0n) is 19.0. The second-order valence-corrected chi connectivity index (χ2v) is 9.25. The molecule has 1 aromatic heterocycles. The smallest absolute Gasteiger partial charge is 0.338 e. The van der Waals surface area contributed by atoms with Crippen molar-refractivity contribution in [2.75, 3.05) is 6.61 Å². The molecule has 2 amide bonds. The summed E-state index contributed by atoms with van der Waals surface area (Å²) in [7, 11) is 0. The summed E-state index contributed by atoms with van der Waals surface area (Å²) in [5, 5.41) is 0.304. The van der Waals surface area contributed by atoms with Crippen molar-refractivity contribution in [2.45, 2.75) is 27.3 Å². The highest BCUT2D eigenvalue weighted by atomic mass is 35.5. The van der Waals surface area contributed by atoms with E-state index in [0.29, 0.717) is 22.1 Å². The van der Waals surface area contributed by atoms with Crippen LogP contribution in [-0.2, 0) is 16.1 Å². The van der Waals surface area contributed by atoms with Gasteiger partial charge in [-0.3, -0.25) is 14.5 Å². The third-order valence-corrected chi connectivity index (χ3v) is 6.68. The van der Waals surface area contributed by atoms with Gasteiger partial charge in [0.05, 0.1) is 23.6 Å². The lowest BCUT2D eigenvalue weighted by Crippen LogP contribution is -2.27. The SMILES string of the molecule is CCOC(=O)c1ccc(-n2c(C)cc(/C=C3\SC(=O)N(Cc4ccc(Cl)cc4)C3=O)c2C)cc1. The van der Waals surface area contributed by atoms with Crippen LogP contribution < -0.4 is 0 Å². The van der Waals surface area contributed by atoms with Crippen LogP contribution in [0.3, 0.4) is 0 Å². The Labute approximate surface area is 207 Å². The summed E-state index contributed by atoms with van der Waals surface area (Å²) in [6.07, 6.45) is 1.76. The van der Waals surface area contributed by atoms with E-state index in [1.54, 1.807) is 49.4 Å². The molecule has 1 aliphatic heterocycles. The van der Waals surface area contributed by atoms with E-state index < -0.39 is 0 Å². The van der Waals surface area contributed by atoms with E-state index in [2.05, 4.69) is 0 Å². The Kier molecular flexibility index (Phi) is 6.95. The molecule has 0 bridgehead atoms. The van der Waals surface area contributed by atoms with Crippen LogP contribution in [0.1, 0.15) is 39.8 Å². The average Bonchev–Trinajstić information content (AvgIpc) is 3.24. The molecule has 3 aromatic rings. The van der Waals surface area contributed by atoms with Crippen LogP contribution in [0.15, 0.2) is 59.5 Å². The molecule has 2 heterocycles. The zero-order chi connectivity index (χ0) is 24.4. The minimum Gasteiger partial charge on any atom is -0.462 e. The number of rotatable bonds is 6. The topological polar surface area (TPSA) is 68.6 Å². The van der Waals surface area contributed by atoms with E-state index in [1.165, 1.54) is 4.90 Å². The summed E-state index contributed by atoms with van der Waals surface area (Å²) in [6, 6.07) is 16.2. The lowest BCUT2D eigenvalue weighted by atomic mass is 10.2. The number of hydrogen-bond donors (Lipinski definition) is 0. The monoisotopic (exact) mass is 494 g/mol. The number of imide groups is 1. The molecule has 0 aliphatic carbocycles. The number of hydrogen-bond acceptors (Lipinski definition) is 5. The molecule has 0 saturated carbocycles. The standard InChI is InChI=1S/C26H23ClN2O4S/c1-4-33-25(31)19-7-11-22(12-8-19)29-16(2)13-20(17(29)3)14-23-24(30)28(26(32)34-23)15-18-5-9-21(27)10-6-18/h5-14H,4,15H2,1-3H3/b23-14-. The molecule has 0 atom stereocenters. The van der Waals surface area contributed by atoms with Crippen LogP contribution >= 0.6 is 23.4 Å². The van der Waals surface area contributed by atoms with Gasteiger partial charge < -0.3 is 9.30 Å². The maximum absolute atomic E-state index is 13.0. The van der Waals surface area contributed by atoms with Gasteiger partial charge in [0.1, 0.15) is 0 Å². The first-order valence-corrected chi connectivity index (χ1v) is 11.9. The molecule has 0 spiro atoms. The quantitative estimate of drug-likeness (QED) is 0.303. The van der Waals surface area contributed by atoms with Crippen molar-refractivity contribution in [1.82, 2.24) is 9.47 Å². The van der Waals surface area contributed by atoms with Gasteiger partial charge in [0, 0.05) is 22.1 Å². The molecule has 1 fully saturated rings. The third kappa shape index (κ3) is 4.81. The van der Waals surface area contributed by atoms with E-state index in [1.807, 2.05) is 36.6 Å². The molecule has 4 rings (SSSR count). The Morgan fingerprint density at radius 3 is 2.38 bits per heavy atom. The lowest BCUT2D eigenvalue weighted by molar-refractivity contribution is -0.123. The lowest BCUT2D eigenvalue weighted by Gasteiger charge is -2.12. The Hall–Kier alpha value is -3.29. The molecule has 2 aromatic carbocycles. The summed E-state index contributed by atoms with van der Waals surface area (Å²) in [5.41, 5.74) is 4.95. The number of esters is 1. The zero-order valence-corrected chi connectivity index (χ0v) is 20.6. The molecule has 6 nitrogen and oxygen atoms in total. The van der Waals surface area contributed by atoms with Crippen molar-refractivity contribution in [2.24, 2.45) is 0 Å². The van der Waals surface area contributed by atoms with Crippen molar-refractivity contribution in [3.8, 4) is 5.69 Å². The molecule has 0 N–H and O–H groups in total. The number of carbonyl (C=O) groups is 3. The van der Waals surface area contributed by atoms with E-state index >= 15 is 0 Å². The number of halogens is 1. The number of aromatic nitrogens is 1. The van der Waals surface area contributed by atoms with Crippen LogP contribution in [0.2, 0.25) is 5.02 Å². The Morgan fingerprint density at radius 2 is 1.74 bits per heavy atom. The fraction of sp³-hybridized carbons (Fsp3) is 0.192. The number of thioether (sulfide) groups is 1. The summed E-state index contributed by atoms with van der Waals surface area (Å²) in [6.45, 7) is 6.22. The minimum atomic E-state index is -0.356. The van der Waals surface area contributed by atoms with Crippen molar-refractivity contribution < 1.29 is 19.1 Å². The van der Waals surface area contributed by atoms with Crippen LogP contribution in [0.25, 0.3) is 11.8 Å². The second-order valence-electron chi connectivity index (χ2n) is 7.82. The highest BCUT2D eigenvalue weighted by Gasteiger charge is 2.35. The summed E-state index contributed by atoms with van der Waals surface area (Å²) in [5.74, 6) is -0.668. The first kappa shape index (κ1) is 23.9. The Balaban J connectivity index is 1.57. The van der Waals surface area contributed by atoms with E-state index in [0.717, 1.165) is 40.0 Å². The normalized spacial score (nSPS) is 14.8. The number of aryl methyl sites for hydroxylation is 1. The fourth-order valence-electron chi connectivity index (χ4n) is 3.84. The first-order chi connectivity index (χ1) is 16.3. The van der Waals surface area contributed by atoms with Crippen LogP contribution in [0.5, 0.6) is 0 Å². The van der Waals surface area contributed by atoms with Gasteiger partial charge in [0.15, 0.2) is 0 Å². The largest absolute Gasteiger partial charge is 0.462 e. The predicted molar refractivity (Wildman–Crippen MR) is 134 cm³/mol. The number of carbonyl (C=O) groups excluding carboxylic acids is 3. The van der Waals surface area contributed by atoms with Crippen molar-refractivity contribution in [1.29, 1.82) is 0 Å². The molecule has 1 saturated heterocycles. The van der Waals surface area contributed by atoms with Gasteiger partial charge in [-0.05, 0) is 92.2 Å². The van der Waals surface area contributed by atoms with Gasteiger partial charge in [-0.2, -0.15) is 0 Å². The molecule has 8 heteroatoms. The van der Waals surface area contributed by atoms with E-state index in [9.17, 15) is 14.4 Å². The molecular weight excluding hydrogens is 472 g/mol. The van der Waals surface area contributed by atoms with Gasteiger partial charge >= 0.3 is 5.97 Å². The molecule has 174 valence electrons. The van der Waals surface area contributed by atoms with Crippen molar-refractivity contribution in [3.63, 3.8) is 0 Å². The summed E-state index contributed by atoms with van der Waals surface area (Å²) >= 11 is 6.86. The second kappa shape index (κ2) is 9.91. The van der Waals surface area contributed by atoms with Crippen molar-refractivity contribution >= 4 is 46.6 Å². The third-order valence-electron chi connectivity index (χ3n) is 5.52. The Morgan fingerprint density at radius 1 is 1.06 bits per heavy atom. The van der Waals surface area contributed by atoms with Crippen LogP contribution in [-0.4, -0.2) is 33.2 Å². The number of ether oxygens (including phenoxy) is 1. The van der Waals surface area contributed by atoms with Gasteiger partial charge in [-0.1, -0.05) is 23.7 Å². The maximum Gasteiger partial charge on any atom is 0.338 e. The molecule has 0 unspecified atom stereocenters. The van der Waals surface area contributed by atoms with Crippen LogP contribution in [0.4, 0.5) is 4.79 Å². The first-order valence-electron chi connectivity index (χ1n) is 10.7. The van der Waals surface area contributed by atoms with Gasteiger partial charge in [-0.25, -0.2) is 4.79 Å². The minimum absolute atomic E-state index is 0.199. The molecule has 1 aliphatic rings. The van der Waals surface area contributed by atoms with E-state index in [4.69, 9.17) is 16.3 Å². The molecule has 34 heavy (non-hydrogen) atoms. The molecular formula is C26H23ClN2O4S. The molecule has 0 radical (unpaired) electrons. The van der Waals surface area contributed by atoms with Gasteiger partial charge in [0.2, 0.25) is 0 Å². The van der Waals surface area contributed by atoms with Gasteiger partial charge in [0.25, 0.3) is 11.1 Å². The number of amides is 2. The fourth-order valence-corrected chi connectivity index (χ4v) is 4.80. The average molecular weight is 495 g/mol. The maximum atomic E-state index is 13.0. The van der Waals surface area contributed by atoms with Crippen LogP contribution in [0, 0.1) is 13.8 Å². The predicted octanol–water partition coefficient (Wildman–Crippen LogP) is 6.16. The number of benzene rings is 2. The highest BCUT2D eigenvalue weighted by Crippen LogP contribution is 2.34. The summed E-state index contributed by atoms with van der Waals surface area (Å²) in [4.78, 5) is 39.0. The summed E-state index contributed by atoms with van der Waals surface area (Å²) < 4.78 is 7.08. The van der Waals surface area contributed by atoms with E-state index in [-0.39, 0.29) is 23.7 Å².